The molecule has 0 saturated heterocycles. The van der Waals surface area contributed by atoms with Crippen LogP contribution in [0.3, 0.4) is 0 Å². The maximum atomic E-state index is 10.9. The molecule has 0 amide bonds. The molecule has 3 aromatic rings. The molecule has 1 aromatic heterocycles. The number of nitrogens with zero attached hydrogens (tertiary/aromatic N) is 1. The van der Waals surface area contributed by atoms with Crippen LogP contribution in [0.25, 0.3) is 22.2 Å². The van der Waals surface area contributed by atoms with Gasteiger partial charge in [-0.05, 0) is 61.7 Å². The highest BCUT2D eigenvalue weighted by atomic mass is 16.5. The van der Waals surface area contributed by atoms with Gasteiger partial charge in [-0.25, -0.2) is 9.78 Å². The van der Waals surface area contributed by atoms with E-state index in [2.05, 4.69) is 0 Å². The van der Waals surface area contributed by atoms with Crippen molar-refractivity contribution in [1.82, 2.24) is 4.98 Å². The molecule has 0 fully saturated rings. The van der Waals surface area contributed by atoms with E-state index >= 15 is 0 Å². The van der Waals surface area contributed by atoms with Crippen LogP contribution >= 0.6 is 0 Å². The molecule has 2 N–H and O–H groups in total. The van der Waals surface area contributed by atoms with E-state index in [0.29, 0.717) is 12.2 Å². The van der Waals surface area contributed by atoms with Crippen LogP contribution in [0.2, 0.25) is 0 Å². The molecule has 0 aliphatic carbocycles. The van der Waals surface area contributed by atoms with E-state index in [4.69, 9.17) is 14.8 Å². The number of para-hydroxylation sites is 1. The van der Waals surface area contributed by atoms with Crippen molar-refractivity contribution in [2.75, 3.05) is 6.61 Å². The fourth-order valence-electron chi connectivity index (χ4n) is 2.91. The third-order valence-electron chi connectivity index (χ3n) is 4.32. The molecule has 0 spiro atoms. The Morgan fingerprint density at radius 1 is 1.19 bits per heavy atom. The number of aliphatic hydroxyl groups is 1. The molecule has 1 heterocycles. The molecule has 0 saturated carbocycles. The number of benzene rings is 2. The number of fused-ring (bicyclic) bond motifs is 1. The second kappa shape index (κ2) is 7.54. The standard InChI is InChI=1S/C21H21NO4/c1-13-12-19(22-20-16(10-11-23)4-3-5-18(13)20)15-6-8-17(9-7-15)26-14(2)21(24)25/h3-9,12,14,23H,10-11H2,1-2H3,(H,24,25). The number of hydrogen-bond acceptors (Lipinski definition) is 4. The second-order valence-electron chi connectivity index (χ2n) is 6.23. The SMILES string of the molecule is Cc1cc(-c2ccc(OC(C)C(=O)O)cc2)nc2c(CCO)cccc12. The van der Waals surface area contributed by atoms with Gasteiger partial charge in [0.25, 0.3) is 0 Å². The van der Waals surface area contributed by atoms with E-state index in [-0.39, 0.29) is 6.61 Å². The molecule has 0 bridgehead atoms. The monoisotopic (exact) mass is 351 g/mol. The van der Waals surface area contributed by atoms with E-state index in [0.717, 1.165) is 33.3 Å². The van der Waals surface area contributed by atoms with Gasteiger partial charge in [-0.2, -0.15) is 0 Å². The summed E-state index contributed by atoms with van der Waals surface area (Å²) >= 11 is 0. The Morgan fingerprint density at radius 3 is 2.58 bits per heavy atom. The maximum Gasteiger partial charge on any atom is 0.344 e. The lowest BCUT2D eigenvalue weighted by Crippen LogP contribution is -2.22. The number of carbonyl (C=O) groups is 1. The van der Waals surface area contributed by atoms with Gasteiger partial charge >= 0.3 is 5.97 Å². The first-order valence-electron chi connectivity index (χ1n) is 8.49. The molecule has 134 valence electrons. The lowest BCUT2D eigenvalue weighted by Gasteiger charge is -2.12. The van der Waals surface area contributed by atoms with Gasteiger partial charge in [-0.15, -0.1) is 0 Å². The third kappa shape index (κ3) is 3.68. The van der Waals surface area contributed by atoms with Gasteiger partial charge in [-0.3, -0.25) is 0 Å². The van der Waals surface area contributed by atoms with Gasteiger partial charge in [0.2, 0.25) is 0 Å². The van der Waals surface area contributed by atoms with Gasteiger partial charge < -0.3 is 14.9 Å². The number of ether oxygens (including phenoxy) is 1. The Morgan fingerprint density at radius 2 is 1.92 bits per heavy atom. The minimum atomic E-state index is -1.00. The van der Waals surface area contributed by atoms with Crippen molar-refractivity contribution in [2.45, 2.75) is 26.4 Å². The Bertz CT molecular complexity index is 935. The van der Waals surface area contributed by atoms with Gasteiger partial charge in [0.1, 0.15) is 5.75 Å². The summed E-state index contributed by atoms with van der Waals surface area (Å²) in [5.41, 5.74) is 4.79. The molecular weight excluding hydrogens is 330 g/mol. The average molecular weight is 351 g/mol. The lowest BCUT2D eigenvalue weighted by molar-refractivity contribution is -0.144. The zero-order valence-corrected chi connectivity index (χ0v) is 14.8. The summed E-state index contributed by atoms with van der Waals surface area (Å²) in [6.45, 7) is 3.62. The van der Waals surface area contributed by atoms with E-state index < -0.39 is 12.1 Å². The first-order valence-corrected chi connectivity index (χ1v) is 8.49. The largest absolute Gasteiger partial charge is 0.479 e. The molecule has 1 atom stereocenters. The maximum absolute atomic E-state index is 10.9. The predicted octanol–water partition coefficient (Wildman–Crippen LogP) is 3.60. The van der Waals surface area contributed by atoms with Gasteiger partial charge in [-0.1, -0.05) is 18.2 Å². The molecule has 0 aliphatic heterocycles. The zero-order valence-electron chi connectivity index (χ0n) is 14.8. The topological polar surface area (TPSA) is 79.7 Å². The van der Waals surface area contributed by atoms with Crippen LogP contribution in [0.15, 0.2) is 48.5 Å². The minimum Gasteiger partial charge on any atom is -0.479 e. The van der Waals surface area contributed by atoms with Crippen LogP contribution in [0.4, 0.5) is 0 Å². The number of hydrogen-bond donors (Lipinski definition) is 2. The fourth-order valence-corrected chi connectivity index (χ4v) is 2.91. The number of aromatic nitrogens is 1. The first-order chi connectivity index (χ1) is 12.5. The fraction of sp³-hybridized carbons (Fsp3) is 0.238. The van der Waals surface area contributed by atoms with Gasteiger partial charge in [0.05, 0.1) is 11.2 Å². The van der Waals surface area contributed by atoms with Crippen LogP contribution in [-0.2, 0) is 11.2 Å². The molecule has 26 heavy (non-hydrogen) atoms. The molecule has 5 heteroatoms. The number of aliphatic hydroxyl groups excluding tert-OH is 1. The summed E-state index contributed by atoms with van der Waals surface area (Å²) in [7, 11) is 0. The van der Waals surface area contributed by atoms with Crippen molar-refractivity contribution in [2.24, 2.45) is 0 Å². The summed E-state index contributed by atoms with van der Waals surface area (Å²) < 4.78 is 5.36. The molecule has 0 aliphatic rings. The highest BCUT2D eigenvalue weighted by molar-refractivity contribution is 5.87. The Balaban J connectivity index is 1.97. The number of aliphatic carboxylic acids is 1. The van der Waals surface area contributed by atoms with Crippen molar-refractivity contribution < 1.29 is 19.7 Å². The number of pyridine rings is 1. The number of rotatable bonds is 6. The molecule has 1 unspecified atom stereocenters. The van der Waals surface area contributed by atoms with Crippen molar-refractivity contribution >= 4 is 16.9 Å². The Labute approximate surface area is 151 Å². The molecule has 2 aromatic carbocycles. The Hall–Kier alpha value is -2.92. The van der Waals surface area contributed by atoms with Crippen molar-refractivity contribution in [3.8, 4) is 17.0 Å². The molecule has 0 radical (unpaired) electrons. The van der Waals surface area contributed by atoms with Crippen molar-refractivity contribution in [1.29, 1.82) is 0 Å². The summed E-state index contributed by atoms with van der Waals surface area (Å²) in [4.78, 5) is 15.7. The Kier molecular flexibility index (Phi) is 5.19. The average Bonchev–Trinajstić information content (AvgIpc) is 2.63. The highest BCUT2D eigenvalue weighted by Gasteiger charge is 2.13. The number of carboxylic acids is 1. The number of aryl methyl sites for hydroxylation is 1. The van der Waals surface area contributed by atoms with Crippen LogP contribution in [0, 0.1) is 6.92 Å². The second-order valence-corrected chi connectivity index (χ2v) is 6.23. The molecule has 5 nitrogen and oxygen atoms in total. The quantitative estimate of drug-likeness (QED) is 0.709. The third-order valence-corrected chi connectivity index (χ3v) is 4.32. The zero-order chi connectivity index (χ0) is 18.7. The van der Waals surface area contributed by atoms with Crippen LogP contribution in [0.5, 0.6) is 5.75 Å². The summed E-state index contributed by atoms with van der Waals surface area (Å²) in [6, 6.07) is 15.3. The predicted molar refractivity (Wildman–Crippen MR) is 100 cm³/mol. The molecular formula is C21H21NO4. The van der Waals surface area contributed by atoms with E-state index in [1.807, 2.05) is 43.3 Å². The lowest BCUT2D eigenvalue weighted by atomic mass is 10.0. The summed E-state index contributed by atoms with van der Waals surface area (Å²) in [5, 5.41) is 19.3. The summed E-state index contributed by atoms with van der Waals surface area (Å²) in [5.74, 6) is -0.501. The first kappa shape index (κ1) is 17.9. The number of carboxylic acid groups (broad SMARTS) is 1. The van der Waals surface area contributed by atoms with Crippen LogP contribution < -0.4 is 4.74 Å². The van der Waals surface area contributed by atoms with Crippen LogP contribution in [0.1, 0.15) is 18.1 Å². The van der Waals surface area contributed by atoms with Gasteiger partial charge in [0.15, 0.2) is 6.10 Å². The summed E-state index contributed by atoms with van der Waals surface area (Å²) in [6.07, 6.45) is -0.337. The highest BCUT2D eigenvalue weighted by Crippen LogP contribution is 2.28. The van der Waals surface area contributed by atoms with E-state index in [1.54, 1.807) is 12.1 Å². The minimum absolute atomic E-state index is 0.0812. The smallest absolute Gasteiger partial charge is 0.344 e. The normalized spacial score (nSPS) is 12.1. The van der Waals surface area contributed by atoms with E-state index in [1.165, 1.54) is 6.92 Å². The molecule has 3 rings (SSSR count). The van der Waals surface area contributed by atoms with Gasteiger partial charge in [0, 0.05) is 17.6 Å². The van der Waals surface area contributed by atoms with Crippen molar-refractivity contribution in [3.05, 3.63) is 59.7 Å². The van der Waals surface area contributed by atoms with E-state index in [9.17, 15) is 9.90 Å². The van der Waals surface area contributed by atoms with Crippen molar-refractivity contribution in [3.63, 3.8) is 0 Å². The van der Waals surface area contributed by atoms with Crippen LogP contribution in [-0.4, -0.2) is 33.9 Å².